The highest BCUT2D eigenvalue weighted by atomic mass is 16.2. The van der Waals surface area contributed by atoms with Gasteiger partial charge in [0, 0.05) is 30.3 Å². The molecule has 0 aliphatic carbocycles. The van der Waals surface area contributed by atoms with E-state index in [1.807, 2.05) is 26.0 Å². The van der Waals surface area contributed by atoms with Gasteiger partial charge in [0.2, 0.25) is 5.91 Å². The quantitative estimate of drug-likeness (QED) is 0.791. The zero-order chi connectivity index (χ0) is 15.8. The number of hydrogen-bond donors (Lipinski definition) is 2. The number of nitrogens with zero attached hydrogens (tertiary/aromatic N) is 1. The van der Waals surface area contributed by atoms with Crippen molar-refractivity contribution in [3.8, 4) is 0 Å². The monoisotopic (exact) mass is 291 g/mol. The van der Waals surface area contributed by atoms with Gasteiger partial charge in [0.15, 0.2) is 0 Å². The molecule has 0 radical (unpaired) electrons. The highest BCUT2D eigenvalue weighted by Gasteiger charge is 2.12. The van der Waals surface area contributed by atoms with Crippen molar-refractivity contribution in [3.05, 3.63) is 29.8 Å². The lowest BCUT2D eigenvalue weighted by Crippen LogP contribution is -2.43. The summed E-state index contributed by atoms with van der Waals surface area (Å²) in [6.45, 7) is 9.78. The highest BCUT2D eigenvalue weighted by molar-refractivity contribution is 5.95. The van der Waals surface area contributed by atoms with Crippen LogP contribution in [0.5, 0.6) is 0 Å². The van der Waals surface area contributed by atoms with E-state index in [0.29, 0.717) is 5.56 Å². The van der Waals surface area contributed by atoms with Crippen LogP contribution >= 0.6 is 0 Å². The Hall–Kier alpha value is -2.04. The van der Waals surface area contributed by atoms with E-state index < -0.39 is 0 Å². The molecule has 1 rings (SSSR count). The number of nitrogens with one attached hydrogen (secondary N) is 2. The van der Waals surface area contributed by atoms with Gasteiger partial charge in [-0.3, -0.25) is 20.4 Å². The van der Waals surface area contributed by atoms with Crippen molar-refractivity contribution in [1.82, 2.24) is 10.9 Å². The molecular weight excluding hydrogens is 266 g/mol. The molecule has 1 unspecified atom stereocenters. The molecule has 0 spiro atoms. The van der Waals surface area contributed by atoms with Crippen LogP contribution in [0.2, 0.25) is 0 Å². The largest absolute Gasteiger partial charge is 0.372 e. The molecule has 0 heterocycles. The molecule has 5 nitrogen and oxygen atoms in total. The second-order valence-corrected chi connectivity index (χ2v) is 4.97. The highest BCUT2D eigenvalue weighted by Crippen LogP contribution is 2.14. The number of anilines is 1. The third-order valence-electron chi connectivity index (χ3n) is 3.62. The SMILES string of the molecule is CCC(C)C(=O)NNC(=O)c1ccc(N(CC)CC)cc1. The van der Waals surface area contributed by atoms with Crippen molar-refractivity contribution in [1.29, 1.82) is 0 Å². The number of rotatable bonds is 6. The molecule has 1 aromatic carbocycles. The van der Waals surface area contributed by atoms with Gasteiger partial charge >= 0.3 is 0 Å². The predicted molar refractivity (Wildman–Crippen MR) is 85.1 cm³/mol. The molecule has 21 heavy (non-hydrogen) atoms. The molecule has 0 bridgehead atoms. The first kappa shape index (κ1) is 17.0. The fraction of sp³-hybridized carbons (Fsp3) is 0.500. The molecule has 0 aliphatic rings. The molecule has 0 aromatic heterocycles. The molecule has 0 fully saturated rings. The Labute approximate surface area is 126 Å². The Morgan fingerprint density at radius 2 is 1.62 bits per heavy atom. The second-order valence-electron chi connectivity index (χ2n) is 4.97. The maximum absolute atomic E-state index is 11.9. The summed E-state index contributed by atoms with van der Waals surface area (Å²) in [5.74, 6) is -0.598. The molecule has 1 atom stereocenters. The van der Waals surface area contributed by atoms with Crippen molar-refractivity contribution in [2.75, 3.05) is 18.0 Å². The van der Waals surface area contributed by atoms with Gasteiger partial charge in [0.1, 0.15) is 0 Å². The van der Waals surface area contributed by atoms with Gasteiger partial charge in [-0.15, -0.1) is 0 Å². The molecule has 0 aliphatic heterocycles. The third-order valence-corrected chi connectivity index (χ3v) is 3.62. The Kier molecular flexibility index (Phi) is 6.72. The average Bonchev–Trinajstić information content (AvgIpc) is 2.53. The molecule has 2 amide bonds. The van der Waals surface area contributed by atoms with E-state index in [1.165, 1.54) is 0 Å². The minimum Gasteiger partial charge on any atom is -0.372 e. The van der Waals surface area contributed by atoms with Crippen LogP contribution in [0.25, 0.3) is 0 Å². The van der Waals surface area contributed by atoms with Gasteiger partial charge in [-0.05, 0) is 44.5 Å². The van der Waals surface area contributed by atoms with Crippen molar-refractivity contribution in [3.63, 3.8) is 0 Å². The normalized spacial score (nSPS) is 11.6. The fourth-order valence-corrected chi connectivity index (χ4v) is 1.91. The van der Waals surface area contributed by atoms with Gasteiger partial charge < -0.3 is 4.90 Å². The van der Waals surface area contributed by atoms with E-state index in [2.05, 4.69) is 29.6 Å². The summed E-state index contributed by atoms with van der Waals surface area (Å²) in [7, 11) is 0. The number of carbonyl (C=O) groups is 2. The Balaban J connectivity index is 2.61. The van der Waals surface area contributed by atoms with Gasteiger partial charge in [-0.2, -0.15) is 0 Å². The van der Waals surface area contributed by atoms with Crippen molar-refractivity contribution in [2.45, 2.75) is 34.1 Å². The van der Waals surface area contributed by atoms with E-state index in [-0.39, 0.29) is 17.7 Å². The van der Waals surface area contributed by atoms with Gasteiger partial charge in [-0.25, -0.2) is 0 Å². The molecule has 2 N–H and O–H groups in total. The van der Waals surface area contributed by atoms with Crippen LogP contribution in [0.3, 0.4) is 0 Å². The van der Waals surface area contributed by atoms with Crippen molar-refractivity contribution >= 4 is 17.5 Å². The summed E-state index contributed by atoms with van der Waals surface area (Å²) >= 11 is 0. The average molecular weight is 291 g/mol. The van der Waals surface area contributed by atoms with Crippen LogP contribution in [-0.4, -0.2) is 24.9 Å². The lowest BCUT2D eigenvalue weighted by molar-refractivity contribution is -0.125. The minimum atomic E-state index is -0.308. The summed E-state index contributed by atoms with van der Waals surface area (Å²) in [5, 5.41) is 0. The van der Waals surface area contributed by atoms with Gasteiger partial charge in [0.05, 0.1) is 0 Å². The van der Waals surface area contributed by atoms with Gasteiger partial charge in [-0.1, -0.05) is 13.8 Å². The van der Waals surface area contributed by atoms with Crippen LogP contribution in [0.4, 0.5) is 5.69 Å². The first-order valence-corrected chi connectivity index (χ1v) is 7.48. The Bertz CT molecular complexity index is 467. The molecule has 0 saturated carbocycles. The molecule has 5 heteroatoms. The summed E-state index contributed by atoms with van der Waals surface area (Å²) in [6, 6.07) is 7.35. The van der Waals surface area contributed by atoms with Crippen LogP contribution < -0.4 is 15.8 Å². The number of amides is 2. The molecule has 116 valence electrons. The third kappa shape index (κ3) is 4.77. The summed E-state index contributed by atoms with van der Waals surface area (Å²) < 4.78 is 0. The Morgan fingerprint density at radius 1 is 1.05 bits per heavy atom. The van der Waals surface area contributed by atoms with Crippen LogP contribution in [-0.2, 0) is 4.79 Å². The number of benzene rings is 1. The topological polar surface area (TPSA) is 61.4 Å². The van der Waals surface area contributed by atoms with E-state index in [4.69, 9.17) is 0 Å². The first-order chi connectivity index (χ1) is 10.0. The van der Waals surface area contributed by atoms with Gasteiger partial charge in [0.25, 0.3) is 5.91 Å². The van der Waals surface area contributed by atoms with Crippen molar-refractivity contribution in [2.24, 2.45) is 5.92 Å². The first-order valence-electron chi connectivity index (χ1n) is 7.48. The summed E-state index contributed by atoms with van der Waals surface area (Å²) in [4.78, 5) is 25.7. The lowest BCUT2D eigenvalue weighted by atomic mass is 10.1. The second kappa shape index (κ2) is 8.29. The molecule has 0 saturated heterocycles. The zero-order valence-corrected chi connectivity index (χ0v) is 13.3. The number of hydrogen-bond acceptors (Lipinski definition) is 3. The van der Waals surface area contributed by atoms with E-state index >= 15 is 0 Å². The predicted octanol–water partition coefficient (Wildman–Crippen LogP) is 2.34. The summed E-state index contributed by atoms with van der Waals surface area (Å²) in [5.41, 5.74) is 6.49. The molecule has 1 aromatic rings. The maximum Gasteiger partial charge on any atom is 0.269 e. The zero-order valence-electron chi connectivity index (χ0n) is 13.3. The van der Waals surface area contributed by atoms with E-state index in [1.54, 1.807) is 12.1 Å². The number of carbonyl (C=O) groups excluding carboxylic acids is 2. The Morgan fingerprint density at radius 3 is 2.10 bits per heavy atom. The molecular formula is C16H25N3O2. The van der Waals surface area contributed by atoms with Crippen LogP contribution in [0, 0.1) is 5.92 Å². The summed E-state index contributed by atoms with van der Waals surface area (Å²) in [6.07, 6.45) is 0.736. The van der Waals surface area contributed by atoms with E-state index in [0.717, 1.165) is 25.2 Å². The van der Waals surface area contributed by atoms with Crippen molar-refractivity contribution < 1.29 is 9.59 Å². The minimum absolute atomic E-state index is 0.115. The van der Waals surface area contributed by atoms with Crippen LogP contribution in [0.15, 0.2) is 24.3 Å². The smallest absolute Gasteiger partial charge is 0.269 e. The fourth-order valence-electron chi connectivity index (χ4n) is 1.91. The lowest BCUT2D eigenvalue weighted by Gasteiger charge is -2.21. The van der Waals surface area contributed by atoms with E-state index in [9.17, 15) is 9.59 Å². The van der Waals surface area contributed by atoms with Crippen LogP contribution in [0.1, 0.15) is 44.5 Å². The maximum atomic E-state index is 11.9. The standard InChI is InChI=1S/C16H25N3O2/c1-5-12(4)15(20)17-18-16(21)13-8-10-14(11-9-13)19(6-2)7-3/h8-12H,5-7H2,1-4H3,(H,17,20)(H,18,21). The number of hydrazine groups is 1.